The molecule has 0 fully saturated rings. The number of hydrazine groups is 1. The minimum absolute atomic E-state index is 0.286. The van der Waals surface area contributed by atoms with E-state index >= 15 is 0 Å². The number of anilines is 1. The Bertz CT molecular complexity index is 259. The number of nitrogens with one attached hydrogen (secondary N) is 1. The summed E-state index contributed by atoms with van der Waals surface area (Å²) in [5.41, 5.74) is 3.89. The fraction of sp³-hybridized carbons (Fsp3) is 0.400. The van der Waals surface area contributed by atoms with Crippen LogP contribution < -0.4 is 5.43 Å². The van der Waals surface area contributed by atoms with E-state index in [0.29, 0.717) is 0 Å². The second kappa shape index (κ2) is 4.72. The van der Waals surface area contributed by atoms with Crippen molar-refractivity contribution in [2.24, 2.45) is 0 Å². The molecule has 0 aliphatic heterocycles. The number of phenols is 1. The largest absolute Gasteiger partial charge is 0.506 e. The van der Waals surface area contributed by atoms with Gasteiger partial charge in [0.2, 0.25) is 0 Å². The van der Waals surface area contributed by atoms with E-state index < -0.39 is 0 Å². The van der Waals surface area contributed by atoms with Crippen LogP contribution in [0.2, 0.25) is 0 Å². The fourth-order valence-electron chi connectivity index (χ4n) is 1.12. The van der Waals surface area contributed by atoms with Gasteiger partial charge in [0, 0.05) is 13.1 Å². The van der Waals surface area contributed by atoms with Crippen LogP contribution in [0.15, 0.2) is 24.3 Å². The van der Waals surface area contributed by atoms with Gasteiger partial charge in [0.15, 0.2) is 0 Å². The Morgan fingerprint density at radius 1 is 1.23 bits per heavy atom. The molecule has 3 heteroatoms. The average molecular weight is 180 g/mol. The van der Waals surface area contributed by atoms with Crippen LogP contribution in [0.4, 0.5) is 5.69 Å². The van der Waals surface area contributed by atoms with Gasteiger partial charge >= 0.3 is 0 Å². The van der Waals surface area contributed by atoms with Gasteiger partial charge in [-0.15, -0.1) is 0 Å². The molecule has 0 amide bonds. The van der Waals surface area contributed by atoms with Gasteiger partial charge < -0.3 is 10.5 Å². The second-order valence-corrected chi connectivity index (χ2v) is 2.80. The number of aromatic hydroxyl groups is 1. The lowest BCUT2D eigenvalue weighted by Crippen LogP contribution is -2.29. The van der Waals surface area contributed by atoms with Gasteiger partial charge in [-0.2, -0.15) is 0 Å². The van der Waals surface area contributed by atoms with Crippen LogP contribution in [-0.2, 0) is 0 Å². The molecule has 0 radical (unpaired) electrons. The third-order valence-corrected chi connectivity index (χ3v) is 1.95. The zero-order valence-electron chi connectivity index (χ0n) is 8.12. The highest BCUT2D eigenvalue weighted by Crippen LogP contribution is 2.21. The monoisotopic (exact) mass is 180 g/mol. The first-order chi connectivity index (χ1) is 6.27. The summed E-state index contributed by atoms with van der Waals surface area (Å²) in [6.07, 6.45) is 0. The summed E-state index contributed by atoms with van der Waals surface area (Å²) < 4.78 is 0. The zero-order chi connectivity index (χ0) is 9.68. The number of phenolic OH excluding ortho intramolecular Hbond substituents is 1. The Hall–Kier alpha value is -1.22. The minimum atomic E-state index is 0.286. The Balaban J connectivity index is 2.67. The molecule has 0 atom stereocenters. The summed E-state index contributed by atoms with van der Waals surface area (Å²) in [4.78, 5) is 0. The molecular weight excluding hydrogens is 164 g/mol. The van der Waals surface area contributed by atoms with Gasteiger partial charge in [-0.25, -0.2) is 5.01 Å². The van der Waals surface area contributed by atoms with Gasteiger partial charge in [-0.3, -0.25) is 0 Å². The number of benzene rings is 1. The SMILES string of the molecule is CCN(CC)Nc1ccccc1O. The topological polar surface area (TPSA) is 35.5 Å². The van der Waals surface area contributed by atoms with Crippen LogP contribution in [0.5, 0.6) is 5.75 Å². The molecule has 0 aliphatic rings. The van der Waals surface area contributed by atoms with Gasteiger partial charge in [0.25, 0.3) is 0 Å². The van der Waals surface area contributed by atoms with Crippen molar-refractivity contribution in [2.75, 3.05) is 18.5 Å². The van der Waals surface area contributed by atoms with Crippen molar-refractivity contribution in [2.45, 2.75) is 13.8 Å². The quantitative estimate of drug-likeness (QED) is 0.550. The summed E-state index contributed by atoms with van der Waals surface area (Å²) in [6.45, 7) is 5.95. The molecule has 3 nitrogen and oxygen atoms in total. The first kappa shape index (κ1) is 9.86. The molecule has 13 heavy (non-hydrogen) atoms. The molecule has 0 saturated carbocycles. The third kappa shape index (κ3) is 2.63. The maximum atomic E-state index is 9.46. The van der Waals surface area contributed by atoms with Crippen LogP contribution in [0.1, 0.15) is 13.8 Å². The molecule has 0 aromatic heterocycles. The van der Waals surface area contributed by atoms with E-state index in [1.165, 1.54) is 0 Å². The number of nitrogens with zero attached hydrogens (tertiary/aromatic N) is 1. The van der Waals surface area contributed by atoms with Crippen molar-refractivity contribution in [1.82, 2.24) is 5.01 Å². The average Bonchev–Trinajstić information content (AvgIpc) is 2.17. The van der Waals surface area contributed by atoms with E-state index in [4.69, 9.17) is 0 Å². The fourth-order valence-corrected chi connectivity index (χ4v) is 1.12. The van der Waals surface area contributed by atoms with E-state index in [0.717, 1.165) is 18.8 Å². The van der Waals surface area contributed by atoms with Gasteiger partial charge in [-0.05, 0) is 12.1 Å². The lowest BCUT2D eigenvalue weighted by atomic mass is 10.3. The molecule has 0 heterocycles. The third-order valence-electron chi connectivity index (χ3n) is 1.95. The molecule has 0 unspecified atom stereocenters. The number of rotatable bonds is 4. The van der Waals surface area contributed by atoms with Crippen LogP contribution in [0.25, 0.3) is 0 Å². The molecule has 0 spiro atoms. The predicted octanol–water partition coefficient (Wildman–Crippen LogP) is 2.06. The summed E-state index contributed by atoms with van der Waals surface area (Å²) in [5, 5.41) is 11.5. The smallest absolute Gasteiger partial charge is 0.140 e. The number of para-hydroxylation sites is 2. The molecule has 0 bridgehead atoms. The number of hydrogen-bond donors (Lipinski definition) is 2. The second-order valence-electron chi connectivity index (χ2n) is 2.80. The maximum Gasteiger partial charge on any atom is 0.140 e. The maximum absolute atomic E-state index is 9.46. The van der Waals surface area contributed by atoms with Crippen molar-refractivity contribution in [3.63, 3.8) is 0 Å². The van der Waals surface area contributed by atoms with E-state index in [2.05, 4.69) is 19.3 Å². The van der Waals surface area contributed by atoms with Crippen LogP contribution in [-0.4, -0.2) is 23.2 Å². The highest BCUT2D eigenvalue weighted by atomic mass is 16.3. The standard InChI is InChI=1S/C10H16N2O/c1-3-12(4-2)11-9-7-5-6-8-10(9)13/h5-8,11,13H,3-4H2,1-2H3. The van der Waals surface area contributed by atoms with E-state index in [9.17, 15) is 5.11 Å². The molecule has 1 aromatic carbocycles. The predicted molar refractivity (Wildman–Crippen MR) is 54.7 cm³/mol. The van der Waals surface area contributed by atoms with Crippen LogP contribution in [0.3, 0.4) is 0 Å². The highest BCUT2D eigenvalue weighted by molar-refractivity contribution is 5.54. The summed E-state index contributed by atoms with van der Waals surface area (Å²) in [7, 11) is 0. The van der Waals surface area contributed by atoms with Crippen molar-refractivity contribution < 1.29 is 5.11 Å². The molecular formula is C10H16N2O. The molecule has 0 saturated heterocycles. The first-order valence-corrected chi connectivity index (χ1v) is 4.57. The Morgan fingerprint density at radius 3 is 2.38 bits per heavy atom. The highest BCUT2D eigenvalue weighted by Gasteiger charge is 2.01. The molecule has 1 aromatic rings. The van der Waals surface area contributed by atoms with E-state index in [-0.39, 0.29) is 5.75 Å². The molecule has 72 valence electrons. The van der Waals surface area contributed by atoms with E-state index in [1.807, 2.05) is 23.2 Å². The molecule has 1 rings (SSSR count). The lowest BCUT2D eigenvalue weighted by Gasteiger charge is -2.21. The Kier molecular flexibility index (Phi) is 3.58. The zero-order valence-corrected chi connectivity index (χ0v) is 8.12. The Morgan fingerprint density at radius 2 is 1.85 bits per heavy atom. The van der Waals surface area contributed by atoms with Gasteiger partial charge in [0.05, 0.1) is 5.69 Å². The van der Waals surface area contributed by atoms with Crippen molar-refractivity contribution >= 4 is 5.69 Å². The normalized spacial score (nSPS) is 10.4. The molecule has 2 N–H and O–H groups in total. The van der Waals surface area contributed by atoms with Crippen LogP contribution in [0, 0.1) is 0 Å². The van der Waals surface area contributed by atoms with Gasteiger partial charge in [-0.1, -0.05) is 26.0 Å². The summed E-state index contributed by atoms with van der Waals surface area (Å²) in [5.74, 6) is 0.286. The van der Waals surface area contributed by atoms with Crippen molar-refractivity contribution in [3.8, 4) is 5.75 Å². The summed E-state index contributed by atoms with van der Waals surface area (Å²) >= 11 is 0. The lowest BCUT2D eigenvalue weighted by molar-refractivity contribution is 0.363. The van der Waals surface area contributed by atoms with E-state index in [1.54, 1.807) is 6.07 Å². The van der Waals surface area contributed by atoms with Crippen molar-refractivity contribution in [3.05, 3.63) is 24.3 Å². The van der Waals surface area contributed by atoms with Crippen molar-refractivity contribution in [1.29, 1.82) is 0 Å². The number of hydrogen-bond acceptors (Lipinski definition) is 3. The van der Waals surface area contributed by atoms with Crippen LogP contribution >= 0.6 is 0 Å². The summed E-state index contributed by atoms with van der Waals surface area (Å²) in [6, 6.07) is 7.23. The van der Waals surface area contributed by atoms with Gasteiger partial charge in [0.1, 0.15) is 5.75 Å². The minimum Gasteiger partial charge on any atom is -0.506 e. The molecule has 0 aliphatic carbocycles. The first-order valence-electron chi connectivity index (χ1n) is 4.57. The Labute approximate surface area is 79.0 Å².